The molecular formula is C15H13ClN2OS. The molecule has 0 spiro atoms. The summed E-state index contributed by atoms with van der Waals surface area (Å²) in [5, 5.41) is 0.547. The molecule has 3 nitrogen and oxygen atoms in total. The van der Waals surface area contributed by atoms with Gasteiger partial charge in [0, 0.05) is 18.0 Å². The monoisotopic (exact) mass is 304 g/mol. The van der Waals surface area contributed by atoms with Crippen molar-refractivity contribution in [2.24, 2.45) is 0 Å². The van der Waals surface area contributed by atoms with Crippen LogP contribution < -0.4 is 4.90 Å². The zero-order chi connectivity index (χ0) is 14.1. The minimum absolute atomic E-state index is 0.0589. The molecule has 2 aromatic rings. The fourth-order valence-electron chi connectivity index (χ4n) is 2.26. The Morgan fingerprint density at radius 1 is 1.40 bits per heavy atom. The highest BCUT2D eigenvalue weighted by Crippen LogP contribution is 2.43. The maximum Gasteiger partial charge on any atom is 0.238 e. The van der Waals surface area contributed by atoms with Crippen molar-refractivity contribution < 1.29 is 4.79 Å². The number of nitrogens with zero attached hydrogens (tertiary/aromatic N) is 2. The number of amides is 1. The molecule has 3 rings (SSSR count). The van der Waals surface area contributed by atoms with Gasteiger partial charge in [-0.15, -0.1) is 11.8 Å². The fourth-order valence-corrected chi connectivity index (χ4v) is 3.74. The van der Waals surface area contributed by atoms with Crippen molar-refractivity contribution in [1.82, 2.24) is 4.98 Å². The van der Waals surface area contributed by atoms with Gasteiger partial charge >= 0.3 is 0 Å². The lowest BCUT2D eigenvalue weighted by molar-refractivity contribution is -0.115. The second kappa shape index (κ2) is 5.46. The largest absolute Gasteiger partial charge is 0.293 e. The molecule has 1 aromatic carbocycles. The summed E-state index contributed by atoms with van der Waals surface area (Å²) in [5.41, 5.74) is 2.86. The Bertz CT molecular complexity index is 648. The van der Waals surface area contributed by atoms with Gasteiger partial charge in [0.1, 0.15) is 5.37 Å². The van der Waals surface area contributed by atoms with Crippen LogP contribution in [0.4, 0.5) is 5.69 Å². The number of thioether (sulfide) groups is 1. The highest BCUT2D eigenvalue weighted by Gasteiger charge is 2.35. The molecule has 0 radical (unpaired) electrons. The third-order valence-electron chi connectivity index (χ3n) is 3.20. The first-order valence-electron chi connectivity index (χ1n) is 6.26. The van der Waals surface area contributed by atoms with Gasteiger partial charge < -0.3 is 0 Å². The third kappa shape index (κ3) is 2.41. The maximum atomic E-state index is 12.2. The van der Waals surface area contributed by atoms with E-state index < -0.39 is 0 Å². The van der Waals surface area contributed by atoms with Gasteiger partial charge in [0.2, 0.25) is 5.91 Å². The van der Waals surface area contributed by atoms with Crippen molar-refractivity contribution in [2.45, 2.75) is 12.3 Å². The van der Waals surface area contributed by atoms with Crippen molar-refractivity contribution in [3.63, 3.8) is 0 Å². The van der Waals surface area contributed by atoms with Gasteiger partial charge in [-0.2, -0.15) is 0 Å². The average Bonchev–Trinajstić information content (AvgIpc) is 2.82. The Labute approximate surface area is 127 Å². The number of rotatable bonds is 2. The lowest BCUT2D eigenvalue weighted by atomic mass is 10.2. The summed E-state index contributed by atoms with van der Waals surface area (Å²) >= 11 is 7.91. The van der Waals surface area contributed by atoms with E-state index in [1.807, 2.05) is 37.3 Å². The van der Waals surface area contributed by atoms with Crippen LogP contribution in [0.1, 0.15) is 16.5 Å². The summed E-state index contributed by atoms with van der Waals surface area (Å²) in [4.78, 5) is 18.1. The van der Waals surface area contributed by atoms with Gasteiger partial charge in [-0.25, -0.2) is 0 Å². The number of aryl methyl sites for hydroxylation is 1. The molecule has 0 bridgehead atoms. The minimum atomic E-state index is -0.0589. The van der Waals surface area contributed by atoms with Gasteiger partial charge in [-0.3, -0.25) is 14.7 Å². The molecule has 1 aliphatic heterocycles. The summed E-state index contributed by atoms with van der Waals surface area (Å²) in [6.07, 6.45) is 3.53. The smallest absolute Gasteiger partial charge is 0.238 e. The number of carbonyl (C=O) groups excluding carboxylic acids is 1. The zero-order valence-corrected chi connectivity index (χ0v) is 12.5. The van der Waals surface area contributed by atoms with Gasteiger partial charge in [-0.05, 0) is 30.7 Å². The molecule has 20 heavy (non-hydrogen) atoms. The Hall–Kier alpha value is -1.52. The number of pyridine rings is 1. The molecular weight excluding hydrogens is 292 g/mol. The van der Waals surface area contributed by atoms with E-state index in [1.165, 1.54) is 0 Å². The molecule has 0 saturated carbocycles. The van der Waals surface area contributed by atoms with Crippen LogP contribution in [0.2, 0.25) is 5.02 Å². The molecule has 2 heterocycles. The molecule has 1 saturated heterocycles. The van der Waals surface area contributed by atoms with Crippen LogP contribution in [0, 0.1) is 6.92 Å². The maximum absolute atomic E-state index is 12.2. The molecule has 5 heteroatoms. The second-order valence-corrected chi connectivity index (χ2v) is 6.14. The van der Waals surface area contributed by atoms with Gasteiger partial charge in [0.15, 0.2) is 0 Å². The summed E-state index contributed by atoms with van der Waals surface area (Å²) in [6, 6.07) is 9.63. The van der Waals surface area contributed by atoms with Crippen LogP contribution >= 0.6 is 23.4 Å². The average molecular weight is 305 g/mol. The van der Waals surface area contributed by atoms with E-state index in [2.05, 4.69) is 4.98 Å². The number of hydrogen-bond donors (Lipinski definition) is 0. The van der Waals surface area contributed by atoms with E-state index in [0.717, 1.165) is 16.8 Å². The topological polar surface area (TPSA) is 33.2 Å². The zero-order valence-electron chi connectivity index (χ0n) is 10.9. The molecule has 1 aliphatic rings. The van der Waals surface area contributed by atoms with E-state index in [9.17, 15) is 4.79 Å². The van der Waals surface area contributed by atoms with Crippen molar-refractivity contribution in [3.8, 4) is 0 Å². The molecule has 0 aliphatic carbocycles. The van der Waals surface area contributed by atoms with Crippen molar-refractivity contribution in [3.05, 3.63) is 58.9 Å². The first-order valence-corrected chi connectivity index (χ1v) is 7.69. The Kier molecular flexibility index (Phi) is 3.68. The van der Waals surface area contributed by atoms with Gasteiger partial charge in [0.05, 0.1) is 16.5 Å². The van der Waals surface area contributed by atoms with Gasteiger partial charge in [0.25, 0.3) is 0 Å². The Morgan fingerprint density at radius 2 is 2.25 bits per heavy atom. The van der Waals surface area contributed by atoms with Gasteiger partial charge in [-0.1, -0.05) is 23.7 Å². The highest BCUT2D eigenvalue weighted by atomic mass is 35.5. The highest BCUT2D eigenvalue weighted by molar-refractivity contribution is 8.00. The summed E-state index contributed by atoms with van der Waals surface area (Å²) in [6.45, 7) is 1.98. The van der Waals surface area contributed by atoms with E-state index in [0.29, 0.717) is 10.8 Å². The number of anilines is 1. The Morgan fingerprint density at radius 3 is 2.95 bits per heavy atom. The molecule has 0 unspecified atom stereocenters. The molecule has 1 fully saturated rings. The minimum Gasteiger partial charge on any atom is -0.293 e. The summed E-state index contributed by atoms with van der Waals surface area (Å²) < 4.78 is 0. The molecule has 1 amide bonds. The van der Waals surface area contributed by atoms with Crippen LogP contribution in [0.25, 0.3) is 0 Å². The number of aromatic nitrogens is 1. The van der Waals surface area contributed by atoms with Crippen LogP contribution in [-0.4, -0.2) is 16.6 Å². The number of hydrogen-bond acceptors (Lipinski definition) is 3. The lowest BCUT2D eigenvalue weighted by Gasteiger charge is -2.25. The molecule has 1 atom stereocenters. The van der Waals surface area contributed by atoms with E-state index in [4.69, 9.17) is 11.6 Å². The fraction of sp³-hybridized carbons (Fsp3) is 0.200. The normalized spacial score (nSPS) is 18.6. The third-order valence-corrected chi connectivity index (χ3v) is 4.72. The summed E-state index contributed by atoms with van der Waals surface area (Å²) in [7, 11) is 0. The van der Waals surface area contributed by atoms with Crippen molar-refractivity contribution in [1.29, 1.82) is 0 Å². The van der Waals surface area contributed by atoms with E-state index in [-0.39, 0.29) is 11.3 Å². The molecule has 1 aromatic heterocycles. The lowest BCUT2D eigenvalue weighted by Crippen LogP contribution is -2.28. The molecule has 102 valence electrons. The predicted octanol–water partition coefficient (Wildman–Crippen LogP) is 3.82. The second-order valence-electron chi connectivity index (χ2n) is 4.67. The first kappa shape index (κ1) is 13.5. The summed E-state index contributed by atoms with van der Waals surface area (Å²) in [5.74, 6) is 0.540. The standard InChI is InChI=1S/C15H13ClN2OS/c1-10-4-5-13(12(16)7-10)18-14(19)9-20-15(18)11-3-2-6-17-8-11/h2-8,15H,9H2,1H3/t15-/m1/s1. The quantitative estimate of drug-likeness (QED) is 0.845. The number of carbonyl (C=O) groups is 1. The Balaban J connectivity index is 2.03. The molecule has 0 N–H and O–H groups in total. The van der Waals surface area contributed by atoms with Crippen LogP contribution in [0.5, 0.6) is 0 Å². The van der Waals surface area contributed by atoms with Crippen molar-refractivity contribution >= 4 is 35.0 Å². The van der Waals surface area contributed by atoms with Crippen molar-refractivity contribution in [2.75, 3.05) is 10.7 Å². The predicted molar refractivity (Wildman–Crippen MR) is 83.1 cm³/mol. The SMILES string of the molecule is Cc1ccc(N2C(=O)CS[C@@H]2c2cccnc2)c(Cl)c1. The number of halogens is 1. The van der Waals surface area contributed by atoms with E-state index >= 15 is 0 Å². The van der Waals surface area contributed by atoms with Crippen LogP contribution in [0.15, 0.2) is 42.7 Å². The van der Waals surface area contributed by atoms with Crippen LogP contribution in [0.3, 0.4) is 0 Å². The van der Waals surface area contributed by atoms with E-state index in [1.54, 1.807) is 29.1 Å². The number of benzene rings is 1. The van der Waals surface area contributed by atoms with Crippen LogP contribution in [-0.2, 0) is 4.79 Å². The first-order chi connectivity index (χ1) is 9.66.